The van der Waals surface area contributed by atoms with Gasteiger partial charge in [-0.1, -0.05) is 57.9 Å². The number of aliphatic hydroxyl groups is 2. The van der Waals surface area contributed by atoms with Crippen LogP contribution in [-0.4, -0.2) is 45.8 Å². The first-order chi connectivity index (χ1) is 14.7. The maximum atomic E-state index is 12.3. The highest BCUT2D eigenvalue weighted by molar-refractivity contribution is 5.42. The summed E-state index contributed by atoms with van der Waals surface area (Å²) in [4.78, 5) is 6.78. The van der Waals surface area contributed by atoms with E-state index in [0.29, 0.717) is 5.92 Å². The summed E-state index contributed by atoms with van der Waals surface area (Å²) in [7, 11) is 2.10. The summed E-state index contributed by atoms with van der Waals surface area (Å²) in [5.74, 6) is 0.457. The number of benzene rings is 1. The summed E-state index contributed by atoms with van der Waals surface area (Å²) in [6.07, 6.45) is 9.30. The predicted octanol–water partition coefficient (Wildman–Crippen LogP) is 4.63. The van der Waals surface area contributed by atoms with Gasteiger partial charge in [-0.2, -0.15) is 0 Å². The van der Waals surface area contributed by atoms with Gasteiger partial charge >= 0.3 is 0 Å². The fourth-order valence-corrected chi connectivity index (χ4v) is 5.83. The van der Waals surface area contributed by atoms with Crippen LogP contribution in [0.5, 0.6) is 0 Å². The van der Waals surface area contributed by atoms with E-state index in [9.17, 15) is 10.2 Å². The van der Waals surface area contributed by atoms with Gasteiger partial charge in [-0.25, -0.2) is 0 Å². The van der Waals surface area contributed by atoms with Crippen LogP contribution in [0.4, 0.5) is 0 Å². The van der Waals surface area contributed by atoms with E-state index in [1.807, 2.05) is 12.4 Å². The molecule has 4 rings (SSSR count). The number of rotatable bonds is 7. The van der Waals surface area contributed by atoms with Gasteiger partial charge in [-0.05, 0) is 61.4 Å². The smallest absolute Gasteiger partial charge is 0.124 e. The average molecular weight is 423 g/mol. The molecule has 1 aliphatic heterocycles. The van der Waals surface area contributed by atoms with Crippen molar-refractivity contribution in [3.05, 3.63) is 65.0 Å². The number of aromatic nitrogens is 1. The van der Waals surface area contributed by atoms with E-state index in [0.717, 1.165) is 68.3 Å². The topological polar surface area (TPSA) is 56.6 Å². The zero-order chi connectivity index (χ0) is 22.3. The van der Waals surface area contributed by atoms with E-state index in [4.69, 9.17) is 0 Å². The second-order valence-electron chi connectivity index (χ2n) is 10.7. The molecule has 168 valence electrons. The van der Waals surface area contributed by atoms with Crippen LogP contribution in [0.25, 0.3) is 0 Å². The van der Waals surface area contributed by atoms with Crippen molar-refractivity contribution in [2.24, 2.45) is 5.41 Å². The summed E-state index contributed by atoms with van der Waals surface area (Å²) in [5, 5.41) is 23.1. The molecule has 31 heavy (non-hydrogen) atoms. The molecular formula is C27H38N2O2. The molecule has 2 N–H and O–H groups in total. The summed E-state index contributed by atoms with van der Waals surface area (Å²) in [6, 6.07) is 10.6. The van der Waals surface area contributed by atoms with Crippen molar-refractivity contribution >= 4 is 0 Å². The minimum atomic E-state index is -1.11. The molecule has 1 aromatic carbocycles. The third-order valence-electron chi connectivity index (χ3n) is 7.73. The van der Waals surface area contributed by atoms with Crippen LogP contribution in [-0.2, 0) is 12.0 Å². The van der Waals surface area contributed by atoms with Crippen LogP contribution in [0.1, 0.15) is 81.0 Å². The van der Waals surface area contributed by atoms with Crippen molar-refractivity contribution in [2.45, 2.75) is 76.4 Å². The molecular weight excluding hydrogens is 384 g/mol. The summed E-state index contributed by atoms with van der Waals surface area (Å²) < 4.78 is 0. The van der Waals surface area contributed by atoms with Crippen LogP contribution in [0.3, 0.4) is 0 Å². The SMILES string of the molecule is CC(C)c1ccc(C(O)(c2cncc(CCC3(O)CCCC3)c2)C2(C)CN(C)C2)cc1. The summed E-state index contributed by atoms with van der Waals surface area (Å²) >= 11 is 0. The molecule has 2 aliphatic rings. The molecule has 0 radical (unpaired) electrons. The number of likely N-dealkylation sites (tertiary alicyclic amines) is 1. The highest BCUT2D eigenvalue weighted by atomic mass is 16.3. The lowest BCUT2D eigenvalue weighted by molar-refractivity contribution is -0.127. The average Bonchev–Trinajstić information content (AvgIpc) is 3.17. The molecule has 1 saturated carbocycles. The van der Waals surface area contributed by atoms with Crippen molar-refractivity contribution in [3.63, 3.8) is 0 Å². The molecule has 0 spiro atoms. The molecule has 2 heterocycles. The van der Waals surface area contributed by atoms with Gasteiger partial charge in [0.2, 0.25) is 0 Å². The number of nitrogens with zero attached hydrogens (tertiary/aromatic N) is 2. The van der Waals surface area contributed by atoms with Gasteiger partial charge in [0.25, 0.3) is 0 Å². The standard InChI is InChI=1S/C27H38N2O2/c1-20(2)22-7-9-23(10-8-22)27(31,25(3)18-29(4)19-25)24-15-21(16-28-17-24)11-14-26(30)12-5-6-13-26/h7-10,15-17,20,30-31H,5-6,11-14,18-19H2,1-4H3. The first-order valence-corrected chi connectivity index (χ1v) is 11.8. The predicted molar refractivity (Wildman–Crippen MR) is 125 cm³/mol. The van der Waals surface area contributed by atoms with Gasteiger partial charge in [-0.3, -0.25) is 4.98 Å². The Morgan fingerprint density at radius 1 is 1.06 bits per heavy atom. The summed E-state index contributed by atoms with van der Waals surface area (Å²) in [5.41, 5.74) is 2.23. The fourth-order valence-electron chi connectivity index (χ4n) is 5.83. The van der Waals surface area contributed by atoms with E-state index in [2.05, 4.69) is 68.0 Å². The molecule has 4 nitrogen and oxygen atoms in total. The third kappa shape index (κ3) is 4.18. The van der Waals surface area contributed by atoms with E-state index in [-0.39, 0.29) is 5.41 Å². The minimum absolute atomic E-state index is 0.287. The zero-order valence-electron chi connectivity index (χ0n) is 19.6. The Labute approximate surface area is 187 Å². The number of aryl methyl sites for hydroxylation is 1. The number of pyridine rings is 1. The van der Waals surface area contributed by atoms with Crippen molar-refractivity contribution in [1.29, 1.82) is 0 Å². The summed E-state index contributed by atoms with van der Waals surface area (Å²) in [6.45, 7) is 8.22. The second kappa shape index (κ2) is 8.31. The van der Waals surface area contributed by atoms with Crippen LogP contribution >= 0.6 is 0 Å². The van der Waals surface area contributed by atoms with Gasteiger partial charge in [0.1, 0.15) is 5.60 Å². The Kier molecular flexibility index (Phi) is 6.01. The van der Waals surface area contributed by atoms with Gasteiger partial charge < -0.3 is 15.1 Å². The van der Waals surface area contributed by atoms with E-state index in [1.54, 1.807) is 0 Å². The van der Waals surface area contributed by atoms with Crippen LogP contribution in [0.2, 0.25) is 0 Å². The van der Waals surface area contributed by atoms with Crippen molar-refractivity contribution in [1.82, 2.24) is 9.88 Å². The maximum absolute atomic E-state index is 12.3. The molecule has 4 heteroatoms. The Balaban J connectivity index is 1.67. The fraction of sp³-hybridized carbons (Fsp3) is 0.593. The normalized spacial score (nSPS) is 22.3. The Morgan fingerprint density at radius 2 is 1.71 bits per heavy atom. The van der Waals surface area contributed by atoms with E-state index in [1.165, 1.54) is 5.56 Å². The zero-order valence-corrected chi connectivity index (χ0v) is 19.6. The quantitative estimate of drug-likeness (QED) is 0.683. The highest BCUT2D eigenvalue weighted by Gasteiger charge is 2.55. The van der Waals surface area contributed by atoms with E-state index < -0.39 is 11.2 Å². The molecule has 1 unspecified atom stereocenters. The first kappa shape index (κ1) is 22.4. The van der Waals surface area contributed by atoms with Gasteiger partial charge in [0.15, 0.2) is 0 Å². The molecule has 1 aromatic heterocycles. The lowest BCUT2D eigenvalue weighted by atomic mass is 9.62. The minimum Gasteiger partial charge on any atom is -0.390 e. The molecule has 2 aromatic rings. The van der Waals surface area contributed by atoms with Gasteiger partial charge in [-0.15, -0.1) is 0 Å². The first-order valence-electron chi connectivity index (χ1n) is 11.8. The Morgan fingerprint density at radius 3 is 2.29 bits per heavy atom. The number of hydrogen-bond acceptors (Lipinski definition) is 4. The maximum Gasteiger partial charge on any atom is 0.124 e. The lowest BCUT2D eigenvalue weighted by Crippen LogP contribution is -2.63. The molecule has 2 fully saturated rings. The van der Waals surface area contributed by atoms with E-state index >= 15 is 0 Å². The number of hydrogen-bond donors (Lipinski definition) is 2. The lowest BCUT2D eigenvalue weighted by Gasteiger charge is -2.56. The molecule has 0 bridgehead atoms. The molecule has 1 saturated heterocycles. The van der Waals surface area contributed by atoms with Gasteiger partial charge in [0.05, 0.1) is 5.60 Å². The Bertz CT molecular complexity index is 896. The van der Waals surface area contributed by atoms with Crippen LogP contribution in [0, 0.1) is 5.41 Å². The van der Waals surface area contributed by atoms with Crippen molar-refractivity contribution in [3.8, 4) is 0 Å². The molecule has 1 atom stereocenters. The van der Waals surface area contributed by atoms with Crippen LogP contribution < -0.4 is 0 Å². The molecule has 0 amide bonds. The van der Waals surface area contributed by atoms with Crippen molar-refractivity contribution in [2.75, 3.05) is 20.1 Å². The third-order valence-corrected chi connectivity index (χ3v) is 7.73. The highest BCUT2D eigenvalue weighted by Crippen LogP contribution is 2.50. The monoisotopic (exact) mass is 422 g/mol. The van der Waals surface area contributed by atoms with Crippen molar-refractivity contribution < 1.29 is 10.2 Å². The van der Waals surface area contributed by atoms with Gasteiger partial charge in [0, 0.05) is 36.5 Å². The Hall–Kier alpha value is -1.75. The molecule has 1 aliphatic carbocycles. The largest absolute Gasteiger partial charge is 0.390 e. The van der Waals surface area contributed by atoms with Crippen LogP contribution in [0.15, 0.2) is 42.7 Å². The second-order valence-corrected chi connectivity index (χ2v) is 10.7.